The zero-order valence-electron chi connectivity index (χ0n) is 14.9. The van der Waals surface area contributed by atoms with E-state index in [4.69, 9.17) is 4.74 Å². The second kappa shape index (κ2) is 7.93. The number of aromatic nitrogens is 5. The molecule has 25 heavy (non-hydrogen) atoms. The molecule has 9 heteroatoms. The lowest BCUT2D eigenvalue weighted by Gasteiger charge is -2.24. The van der Waals surface area contributed by atoms with E-state index in [1.807, 2.05) is 10.9 Å². The van der Waals surface area contributed by atoms with E-state index in [2.05, 4.69) is 56.7 Å². The Morgan fingerprint density at radius 1 is 1.36 bits per heavy atom. The molecular weight excluding hydrogens is 453 g/mol. The van der Waals surface area contributed by atoms with Gasteiger partial charge in [0.05, 0.1) is 12.8 Å². The molecule has 7 nitrogen and oxygen atoms in total. The summed E-state index contributed by atoms with van der Waals surface area (Å²) in [5.41, 5.74) is 1.31. The molecule has 0 saturated heterocycles. The number of hydrogen-bond acceptors (Lipinski definition) is 5. The van der Waals surface area contributed by atoms with Gasteiger partial charge in [0, 0.05) is 24.1 Å². The van der Waals surface area contributed by atoms with Crippen molar-refractivity contribution in [3.63, 3.8) is 0 Å². The van der Waals surface area contributed by atoms with Crippen LogP contribution in [0.15, 0.2) is 12.4 Å². The minimum absolute atomic E-state index is 0.305. The number of aliphatic hydroxyl groups excluding tert-OH is 1. The van der Waals surface area contributed by atoms with Crippen molar-refractivity contribution >= 4 is 32.6 Å². The first-order valence-electron chi connectivity index (χ1n) is 8.36. The normalized spacial score (nSPS) is 17.0. The van der Waals surface area contributed by atoms with Gasteiger partial charge in [0.25, 0.3) is 0 Å². The minimum Gasteiger partial charge on any atom is -0.382 e. The first-order chi connectivity index (χ1) is 11.8. The fraction of sp³-hybridized carbons (Fsp3) is 0.688. The summed E-state index contributed by atoms with van der Waals surface area (Å²) in [5.74, 6) is 1.80. The molecule has 0 spiro atoms. The maximum Gasteiger partial charge on any atom is 0.158 e. The number of aliphatic hydroxyl groups is 1. The van der Waals surface area contributed by atoms with E-state index in [1.165, 1.54) is 17.6 Å². The Morgan fingerprint density at radius 2 is 2.12 bits per heavy atom. The SMILES string of the molecule is CS(C)(C)CCOCn1nc(I)c(C(O)c2cnn(CC3CC3)c2)n1. The van der Waals surface area contributed by atoms with Crippen LogP contribution < -0.4 is 0 Å². The van der Waals surface area contributed by atoms with E-state index in [0.29, 0.717) is 22.7 Å². The highest BCUT2D eigenvalue weighted by Gasteiger charge is 2.24. The van der Waals surface area contributed by atoms with Gasteiger partial charge in [-0.15, -0.1) is 5.10 Å². The minimum atomic E-state index is -0.812. The lowest BCUT2D eigenvalue weighted by atomic mass is 10.1. The van der Waals surface area contributed by atoms with Crippen molar-refractivity contribution in [2.75, 3.05) is 31.1 Å². The van der Waals surface area contributed by atoms with Crippen LogP contribution in [0.2, 0.25) is 0 Å². The summed E-state index contributed by atoms with van der Waals surface area (Å²) >= 11 is 2.10. The Balaban J connectivity index is 1.58. The summed E-state index contributed by atoms with van der Waals surface area (Å²) in [5, 5.41) is 23.7. The van der Waals surface area contributed by atoms with Gasteiger partial charge in [-0.05, 0) is 60.1 Å². The molecule has 1 fully saturated rings. The van der Waals surface area contributed by atoms with Crippen LogP contribution in [0.25, 0.3) is 0 Å². The van der Waals surface area contributed by atoms with Gasteiger partial charge >= 0.3 is 0 Å². The second-order valence-electron chi connectivity index (χ2n) is 7.42. The Hall–Kier alpha value is -0.650. The highest BCUT2D eigenvalue weighted by atomic mass is 127. The Labute approximate surface area is 163 Å². The predicted octanol–water partition coefficient (Wildman–Crippen LogP) is 2.24. The average molecular weight is 479 g/mol. The van der Waals surface area contributed by atoms with E-state index in [0.717, 1.165) is 23.8 Å². The molecule has 0 radical (unpaired) electrons. The zero-order valence-corrected chi connectivity index (χ0v) is 17.9. The Morgan fingerprint density at radius 3 is 2.80 bits per heavy atom. The zero-order chi connectivity index (χ0) is 18.0. The van der Waals surface area contributed by atoms with E-state index in [-0.39, 0.29) is 0 Å². The third-order valence-electron chi connectivity index (χ3n) is 4.05. The quantitative estimate of drug-likeness (QED) is 0.441. The van der Waals surface area contributed by atoms with Crippen molar-refractivity contribution in [2.24, 2.45) is 5.92 Å². The molecule has 0 aliphatic heterocycles. The molecule has 0 amide bonds. The molecule has 1 atom stereocenters. The van der Waals surface area contributed by atoms with Crippen molar-refractivity contribution in [1.29, 1.82) is 0 Å². The lowest BCUT2D eigenvalue weighted by Crippen LogP contribution is -2.12. The molecule has 0 aromatic carbocycles. The van der Waals surface area contributed by atoms with Crippen LogP contribution in [-0.4, -0.2) is 61.0 Å². The molecule has 2 aromatic rings. The lowest BCUT2D eigenvalue weighted by molar-refractivity contribution is 0.0696. The molecule has 1 unspecified atom stereocenters. The summed E-state index contributed by atoms with van der Waals surface area (Å²) in [6.07, 6.45) is 12.2. The molecule has 1 aliphatic rings. The van der Waals surface area contributed by atoms with Crippen molar-refractivity contribution in [3.05, 3.63) is 27.4 Å². The molecule has 3 rings (SSSR count). The van der Waals surface area contributed by atoms with Gasteiger partial charge in [0.1, 0.15) is 15.5 Å². The molecular formula is C16H26IN5O2S. The number of nitrogens with zero attached hydrogens (tertiary/aromatic N) is 5. The summed E-state index contributed by atoms with van der Waals surface area (Å²) in [6, 6.07) is 0. The van der Waals surface area contributed by atoms with Crippen molar-refractivity contribution in [3.8, 4) is 0 Å². The maximum atomic E-state index is 10.6. The summed E-state index contributed by atoms with van der Waals surface area (Å²) in [4.78, 5) is 1.51. The van der Waals surface area contributed by atoms with Gasteiger partial charge in [-0.25, -0.2) is 10.0 Å². The van der Waals surface area contributed by atoms with Crippen LogP contribution in [0, 0.1) is 9.62 Å². The smallest absolute Gasteiger partial charge is 0.158 e. The molecule has 1 saturated carbocycles. The van der Waals surface area contributed by atoms with Crippen LogP contribution in [0.3, 0.4) is 0 Å². The van der Waals surface area contributed by atoms with Crippen molar-refractivity contribution in [2.45, 2.75) is 32.2 Å². The third kappa shape index (κ3) is 5.66. The van der Waals surface area contributed by atoms with Gasteiger partial charge in [-0.1, -0.05) is 0 Å². The van der Waals surface area contributed by atoms with Gasteiger partial charge in [0.15, 0.2) is 6.73 Å². The van der Waals surface area contributed by atoms with Crippen LogP contribution >= 0.6 is 32.6 Å². The van der Waals surface area contributed by atoms with E-state index in [9.17, 15) is 5.11 Å². The summed E-state index contributed by atoms with van der Waals surface area (Å²) < 4.78 is 8.26. The van der Waals surface area contributed by atoms with Gasteiger partial charge in [-0.3, -0.25) is 4.68 Å². The fourth-order valence-electron chi connectivity index (χ4n) is 2.36. The Kier molecular flexibility index (Phi) is 6.07. The van der Waals surface area contributed by atoms with Crippen LogP contribution in [0.4, 0.5) is 0 Å². The fourth-order valence-corrected chi connectivity index (χ4v) is 3.63. The van der Waals surface area contributed by atoms with Crippen molar-refractivity contribution in [1.82, 2.24) is 24.8 Å². The molecule has 140 valence electrons. The second-order valence-corrected chi connectivity index (χ2v) is 13.0. The number of hydrogen-bond donors (Lipinski definition) is 1. The monoisotopic (exact) mass is 479 g/mol. The van der Waals surface area contributed by atoms with Crippen molar-refractivity contribution < 1.29 is 9.84 Å². The summed E-state index contributed by atoms with van der Waals surface area (Å²) in [7, 11) is -0.559. The maximum absolute atomic E-state index is 10.6. The van der Waals surface area contributed by atoms with E-state index >= 15 is 0 Å². The highest BCUT2D eigenvalue weighted by molar-refractivity contribution is 14.1. The van der Waals surface area contributed by atoms with E-state index in [1.54, 1.807) is 6.20 Å². The van der Waals surface area contributed by atoms with Crippen LogP contribution in [0.5, 0.6) is 0 Å². The largest absolute Gasteiger partial charge is 0.382 e. The topological polar surface area (TPSA) is 78.0 Å². The molecule has 2 heterocycles. The highest BCUT2D eigenvalue weighted by Crippen LogP contribution is 2.33. The molecule has 2 aromatic heterocycles. The van der Waals surface area contributed by atoms with E-state index < -0.39 is 16.1 Å². The van der Waals surface area contributed by atoms with Crippen LogP contribution in [0.1, 0.15) is 30.2 Å². The molecule has 1 N–H and O–H groups in total. The third-order valence-corrected chi connectivity index (χ3v) is 6.21. The standard InChI is InChI=1S/C16H26IN5O2S/c1-25(2,3)7-6-24-11-22-19-14(16(17)20-22)15(23)13-8-18-21(10-13)9-12-4-5-12/h8,10,12,15,23H,4-7,9,11H2,1-3H3. The number of rotatable bonds is 9. The molecule has 1 aliphatic carbocycles. The molecule has 0 bridgehead atoms. The number of ether oxygens (including phenoxy) is 1. The first kappa shape index (κ1) is 19.1. The Bertz CT molecular complexity index is 708. The summed E-state index contributed by atoms with van der Waals surface area (Å²) in [6.45, 7) is 1.93. The van der Waals surface area contributed by atoms with Crippen LogP contribution in [-0.2, 0) is 18.0 Å². The first-order valence-corrected chi connectivity index (χ1v) is 12.5. The predicted molar refractivity (Wildman–Crippen MR) is 108 cm³/mol. The van der Waals surface area contributed by atoms with Gasteiger partial charge in [-0.2, -0.15) is 15.0 Å². The van der Waals surface area contributed by atoms with Gasteiger partial charge in [0.2, 0.25) is 0 Å². The number of halogens is 1. The average Bonchev–Trinajstić information content (AvgIpc) is 3.07. The van der Waals surface area contributed by atoms with Gasteiger partial charge < -0.3 is 9.84 Å².